The standard InChI is InChI=1S/C15H30N2/c1-11-8-12(2)10-17(9-11)13-6-5-7-15(3,4)14(13)16/h11-14H,5-10,16H2,1-4H3. The van der Waals surface area contributed by atoms with Crippen molar-refractivity contribution < 1.29 is 0 Å². The van der Waals surface area contributed by atoms with Crippen LogP contribution in [-0.2, 0) is 0 Å². The van der Waals surface area contributed by atoms with Gasteiger partial charge in [-0.1, -0.05) is 34.1 Å². The predicted molar refractivity (Wildman–Crippen MR) is 73.9 cm³/mol. The van der Waals surface area contributed by atoms with Gasteiger partial charge in [-0.2, -0.15) is 0 Å². The fourth-order valence-electron chi connectivity index (χ4n) is 4.03. The molecule has 0 aromatic heterocycles. The van der Waals surface area contributed by atoms with Crippen molar-refractivity contribution in [2.45, 2.75) is 65.5 Å². The van der Waals surface area contributed by atoms with Gasteiger partial charge in [-0.05, 0) is 36.5 Å². The van der Waals surface area contributed by atoms with Crippen LogP contribution in [0.2, 0.25) is 0 Å². The molecule has 1 saturated heterocycles. The predicted octanol–water partition coefficient (Wildman–Crippen LogP) is 2.87. The molecule has 1 heterocycles. The summed E-state index contributed by atoms with van der Waals surface area (Å²) in [7, 11) is 0. The van der Waals surface area contributed by atoms with Crippen molar-refractivity contribution in [3.63, 3.8) is 0 Å². The first-order chi connectivity index (χ1) is 7.90. The van der Waals surface area contributed by atoms with E-state index in [0.29, 0.717) is 17.5 Å². The average Bonchev–Trinajstić information content (AvgIpc) is 2.20. The molecular weight excluding hydrogens is 208 g/mol. The van der Waals surface area contributed by atoms with Crippen LogP contribution in [0.4, 0.5) is 0 Å². The summed E-state index contributed by atoms with van der Waals surface area (Å²) in [6, 6.07) is 0.984. The van der Waals surface area contributed by atoms with Gasteiger partial charge in [0, 0.05) is 25.2 Å². The minimum absolute atomic E-state index is 0.326. The van der Waals surface area contributed by atoms with E-state index in [1.54, 1.807) is 0 Å². The van der Waals surface area contributed by atoms with E-state index < -0.39 is 0 Å². The zero-order valence-electron chi connectivity index (χ0n) is 12.1. The van der Waals surface area contributed by atoms with Gasteiger partial charge in [-0.25, -0.2) is 0 Å². The van der Waals surface area contributed by atoms with Crippen molar-refractivity contribution in [2.75, 3.05) is 13.1 Å². The lowest BCUT2D eigenvalue weighted by atomic mass is 9.70. The highest BCUT2D eigenvalue weighted by Crippen LogP contribution is 2.38. The average molecular weight is 238 g/mol. The summed E-state index contributed by atoms with van der Waals surface area (Å²) in [4.78, 5) is 2.70. The van der Waals surface area contributed by atoms with Crippen molar-refractivity contribution in [2.24, 2.45) is 23.0 Å². The summed E-state index contributed by atoms with van der Waals surface area (Å²) in [5, 5.41) is 0. The van der Waals surface area contributed by atoms with Gasteiger partial charge in [0.15, 0.2) is 0 Å². The van der Waals surface area contributed by atoms with E-state index in [1.165, 1.54) is 38.8 Å². The molecule has 0 bridgehead atoms. The Labute approximate surface area is 107 Å². The van der Waals surface area contributed by atoms with Crippen LogP contribution in [0.3, 0.4) is 0 Å². The molecule has 1 aliphatic heterocycles. The number of rotatable bonds is 1. The van der Waals surface area contributed by atoms with E-state index >= 15 is 0 Å². The number of likely N-dealkylation sites (tertiary alicyclic amines) is 1. The third kappa shape index (κ3) is 2.85. The van der Waals surface area contributed by atoms with Crippen LogP contribution in [0.15, 0.2) is 0 Å². The van der Waals surface area contributed by atoms with Crippen LogP contribution in [-0.4, -0.2) is 30.1 Å². The van der Waals surface area contributed by atoms with E-state index in [1.807, 2.05) is 0 Å². The Kier molecular flexibility index (Phi) is 3.84. The summed E-state index contributed by atoms with van der Waals surface area (Å²) in [5.74, 6) is 1.69. The Balaban J connectivity index is 2.05. The Morgan fingerprint density at radius 2 is 1.71 bits per heavy atom. The topological polar surface area (TPSA) is 29.3 Å². The molecule has 1 aliphatic carbocycles. The largest absolute Gasteiger partial charge is 0.326 e. The van der Waals surface area contributed by atoms with Gasteiger partial charge in [0.05, 0.1) is 0 Å². The van der Waals surface area contributed by atoms with Crippen LogP contribution in [0.25, 0.3) is 0 Å². The quantitative estimate of drug-likeness (QED) is 0.761. The molecule has 2 rings (SSSR count). The summed E-state index contributed by atoms with van der Waals surface area (Å²) >= 11 is 0. The van der Waals surface area contributed by atoms with Crippen LogP contribution in [0, 0.1) is 17.3 Å². The minimum Gasteiger partial charge on any atom is -0.326 e. The Hall–Kier alpha value is -0.0800. The molecule has 2 aliphatic rings. The van der Waals surface area contributed by atoms with Gasteiger partial charge in [0.25, 0.3) is 0 Å². The molecule has 0 aromatic carbocycles. The van der Waals surface area contributed by atoms with Crippen molar-refractivity contribution in [1.82, 2.24) is 4.90 Å². The van der Waals surface area contributed by atoms with E-state index in [2.05, 4.69) is 32.6 Å². The number of piperidine rings is 1. The third-order valence-corrected chi connectivity index (χ3v) is 5.00. The molecule has 0 spiro atoms. The van der Waals surface area contributed by atoms with Gasteiger partial charge in [0.2, 0.25) is 0 Å². The zero-order chi connectivity index (χ0) is 12.6. The molecular formula is C15H30N2. The first kappa shape index (κ1) is 13.4. The monoisotopic (exact) mass is 238 g/mol. The molecule has 2 nitrogen and oxygen atoms in total. The highest BCUT2D eigenvalue weighted by molar-refractivity contribution is 4.97. The van der Waals surface area contributed by atoms with E-state index in [9.17, 15) is 0 Å². The molecule has 0 amide bonds. The lowest BCUT2D eigenvalue weighted by molar-refractivity contribution is 0.0261. The first-order valence-electron chi connectivity index (χ1n) is 7.40. The van der Waals surface area contributed by atoms with Crippen molar-refractivity contribution >= 4 is 0 Å². The van der Waals surface area contributed by atoms with Gasteiger partial charge in [-0.3, -0.25) is 4.90 Å². The van der Waals surface area contributed by atoms with Crippen molar-refractivity contribution in [3.8, 4) is 0 Å². The maximum atomic E-state index is 6.54. The van der Waals surface area contributed by atoms with Gasteiger partial charge in [0.1, 0.15) is 0 Å². The summed E-state index contributed by atoms with van der Waals surface area (Å²) in [5.41, 5.74) is 6.86. The first-order valence-corrected chi connectivity index (χ1v) is 7.40. The second-order valence-corrected chi connectivity index (χ2v) is 7.37. The molecule has 2 N–H and O–H groups in total. The number of nitrogens with zero attached hydrogens (tertiary/aromatic N) is 1. The molecule has 17 heavy (non-hydrogen) atoms. The third-order valence-electron chi connectivity index (χ3n) is 5.00. The summed E-state index contributed by atoms with van der Waals surface area (Å²) in [6.45, 7) is 12.0. The number of hydrogen-bond acceptors (Lipinski definition) is 2. The van der Waals surface area contributed by atoms with E-state index in [0.717, 1.165) is 11.8 Å². The smallest absolute Gasteiger partial charge is 0.0252 e. The minimum atomic E-state index is 0.326. The molecule has 2 fully saturated rings. The van der Waals surface area contributed by atoms with Gasteiger partial charge >= 0.3 is 0 Å². The van der Waals surface area contributed by atoms with Crippen LogP contribution in [0.5, 0.6) is 0 Å². The second-order valence-electron chi connectivity index (χ2n) is 7.37. The molecule has 100 valence electrons. The molecule has 2 heteroatoms. The fraction of sp³-hybridized carbons (Fsp3) is 1.00. The van der Waals surface area contributed by atoms with E-state index in [4.69, 9.17) is 5.73 Å². The number of nitrogens with two attached hydrogens (primary N) is 1. The SMILES string of the molecule is CC1CC(C)CN(C2CCCC(C)(C)C2N)C1. The summed E-state index contributed by atoms with van der Waals surface area (Å²) in [6.07, 6.45) is 5.35. The van der Waals surface area contributed by atoms with Crippen molar-refractivity contribution in [1.29, 1.82) is 0 Å². The lowest BCUT2D eigenvalue weighted by Gasteiger charge is -2.49. The van der Waals surface area contributed by atoms with Gasteiger partial charge < -0.3 is 5.73 Å². The van der Waals surface area contributed by atoms with Crippen LogP contribution >= 0.6 is 0 Å². The maximum Gasteiger partial charge on any atom is 0.0252 e. The molecule has 4 atom stereocenters. The molecule has 0 radical (unpaired) electrons. The van der Waals surface area contributed by atoms with E-state index in [-0.39, 0.29) is 0 Å². The summed E-state index contributed by atoms with van der Waals surface area (Å²) < 4.78 is 0. The molecule has 0 aromatic rings. The fourth-order valence-corrected chi connectivity index (χ4v) is 4.03. The molecule has 4 unspecified atom stereocenters. The van der Waals surface area contributed by atoms with Crippen LogP contribution < -0.4 is 5.73 Å². The number of hydrogen-bond donors (Lipinski definition) is 1. The highest BCUT2D eigenvalue weighted by Gasteiger charge is 2.40. The highest BCUT2D eigenvalue weighted by atomic mass is 15.2. The lowest BCUT2D eigenvalue weighted by Crippen LogP contribution is -2.59. The Morgan fingerprint density at radius 1 is 1.12 bits per heavy atom. The zero-order valence-corrected chi connectivity index (χ0v) is 12.1. The van der Waals surface area contributed by atoms with Crippen LogP contribution in [0.1, 0.15) is 53.4 Å². The van der Waals surface area contributed by atoms with Crippen molar-refractivity contribution in [3.05, 3.63) is 0 Å². The second kappa shape index (κ2) is 4.89. The Bertz CT molecular complexity index is 252. The molecule has 1 saturated carbocycles. The normalized spacial score (nSPS) is 43.6. The maximum absolute atomic E-state index is 6.54. The van der Waals surface area contributed by atoms with Gasteiger partial charge in [-0.15, -0.1) is 0 Å². The Morgan fingerprint density at radius 3 is 2.29 bits per heavy atom.